The number of unbranched alkanes of at least 4 members (excludes halogenated alkanes) is 14. The monoisotopic (exact) mass is 453 g/mol. The molecule has 0 radical (unpaired) electrons. The molecule has 0 atom stereocenters. The normalized spacial score (nSPS) is 11.5. The number of nitrogens with one attached hydrogen (secondary N) is 1. The zero-order chi connectivity index (χ0) is 22.8. The van der Waals surface area contributed by atoms with Crippen LogP contribution in [0.2, 0.25) is 0 Å². The number of aliphatic hydroxyl groups is 2. The van der Waals surface area contributed by atoms with E-state index in [1.54, 1.807) is 6.08 Å². The lowest BCUT2D eigenvalue weighted by molar-refractivity contribution is 0.258. The molecule has 0 amide bonds. The van der Waals surface area contributed by atoms with Gasteiger partial charge in [0.05, 0.1) is 19.5 Å². The van der Waals surface area contributed by atoms with Crippen LogP contribution in [0.15, 0.2) is 12.3 Å². The second-order valence-corrected chi connectivity index (χ2v) is 8.74. The van der Waals surface area contributed by atoms with Crippen molar-refractivity contribution >= 4 is 7.82 Å². The largest absolute Gasteiger partial charge is 0.524 e. The molecule has 0 aromatic heterocycles. The van der Waals surface area contributed by atoms with Gasteiger partial charge in [-0.15, -0.1) is 0 Å². The number of hydrogen-bond donors (Lipinski definition) is 5. The Morgan fingerprint density at radius 3 is 1.50 bits per heavy atom. The molecule has 0 rings (SSSR count). The van der Waals surface area contributed by atoms with Gasteiger partial charge in [0.1, 0.15) is 0 Å². The molecule has 0 aliphatic rings. The quantitative estimate of drug-likeness (QED) is 0.0938. The van der Waals surface area contributed by atoms with Crippen LogP contribution in [-0.4, -0.2) is 46.3 Å². The molecule has 7 nitrogen and oxygen atoms in total. The summed E-state index contributed by atoms with van der Waals surface area (Å²) in [4.78, 5) is 17.0. The Bertz CT molecular complexity index is 386. The second-order valence-electron chi connectivity index (χ2n) is 7.55. The van der Waals surface area contributed by atoms with E-state index in [2.05, 4.69) is 16.8 Å². The topological polar surface area (TPSA) is 119 Å². The number of aliphatic hydroxyl groups excluding tert-OH is 2. The fourth-order valence-electron chi connectivity index (χ4n) is 2.93. The summed E-state index contributed by atoms with van der Waals surface area (Å²) in [5.74, 6) is 0. The maximum Gasteiger partial charge on any atom is 0.524 e. The highest BCUT2D eigenvalue weighted by molar-refractivity contribution is 7.46. The summed E-state index contributed by atoms with van der Waals surface area (Å²) in [5.41, 5.74) is 0. The molecule has 0 saturated heterocycles. The number of hydrogen-bond acceptors (Lipinski definition) is 5. The molecule has 0 heterocycles. The lowest BCUT2D eigenvalue weighted by atomic mass is 10.0. The van der Waals surface area contributed by atoms with Gasteiger partial charge in [-0.25, -0.2) is 4.57 Å². The predicted octanol–water partition coefficient (Wildman–Crippen LogP) is 5.04. The van der Waals surface area contributed by atoms with Crippen LogP contribution >= 0.6 is 7.82 Å². The van der Waals surface area contributed by atoms with E-state index in [0.717, 1.165) is 19.1 Å². The van der Waals surface area contributed by atoms with E-state index < -0.39 is 7.82 Å². The molecule has 0 aliphatic carbocycles. The fraction of sp³-hybridized carbons (Fsp3) is 0.909. The van der Waals surface area contributed by atoms with Crippen LogP contribution in [0.4, 0.5) is 0 Å². The van der Waals surface area contributed by atoms with Crippen LogP contribution in [0.5, 0.6) is 0 Å². The Labute approximate surface area is 184 Å². The molecule has 0 unspecified atom stereocenters. The van der Waals surface area contributed by atoms with E-state index in [1.807, 2.05) is 0 Å². The van der Waals surface area contributed by atoms with Gasteiger partial charge in [-0.1, -0.05) is 90.4 Å². The van der Waals surface area contributed by atoms with Gasteiger partial charge < -0.3 is 20.1 Å². The lowest BCUT2D eigenvalue weighted by Crippen LogP contribution is -2.21. The maximum atomic E-state index is 10.4. The zero-order valence-corrected chi connectivity index (χ0v) is 20.0. The summed E-state index contributed by atoms with van der Waals surface area (Å²) in [6.45, 7) is 3.68. The predicted molar refractivity (Wildman–Crippen MR) is 124 cm³/mol. The van der Waals surface area contributed by atoms with Crippen molar-refractivity contribution in [1.29, 1.82) is 0 Å². The minimum absolute atomic E-state index is 0.139. The van der Waals surface area contributed by atoms with Crippen LogP contribution < -0.4 is 5.32 Å². The molecule has 0 fully saturated rings. The molecule has 182 valence electrons. The summed E-state index contributed by atoms with van der Waals surface area (Å²) >= 11 is 0. The highest BCUT2D eigenvalue weighted by atomic mass is 31.2. The van der Waals surface area contributed by atoms with Crippen molar-refractivity contribution in [1.82, 2.24) is 5.32 Å². The molecule has 0 aromatic rings. The van der Waals surface area contributed by atoms with E-state index in [-0.39, 0.29) is 13.2 Å². The average molecular weight is 454 g/mol. The van der Waals surface area contributed by atoms with Gasteiger partial charge in [-0.2, -0.15) is 0 Å². The first kappa shape index (κ1) is 31.8. The Kier molecular flexibility index (Phi) is 28.2. The highest BCUT2D eigenvalue weighted by Crippen LogP contribution is 2.35. The second kappa shape index (κ2) is 26.6. The number of allylic oxidation sites excluding steroid dienone is 1. The Balaban J connectivity index is 0. The maximum absolute atomic E-state index is 10.4. The zero-order valence-electron chi connectivity index (χ0n) is 19.1. The summed E-state index contributed by atoms with van der Waals surface area (Å²) in [5, 5.41) is 19.1. The standard InChI is InChI=1S/C18H37O4P.C4H11NO2/c1-2-3-4-5-6-7-8-9-10-11-12-13-14-15-16-17-18-22-23(19,20)21;6-3-1-5-2-4-7/h17-18H,2-16H2,1H3,(H2,19,20,21);5-7H,1-4H2. The van der Waals surface area contributed by atoms with Crippen molar-refractivity contribution in [2.24, 2.45) is 0 Å². The van der Waals surface area contributed by atoms with E-state index >= 15 is 0 Å². The van der Waals surface area contributed by atoms with Crippen molar-refractivity contribution in [2.75, 3.05) is 26.3 Å². The summed E-state index contributed by atoms with van der Waals surface area (Å²) in [7, 11) is -4.34. The third kappa shape index (κ3) is 35.0. The first-order valence-corrected chi connectivity index (χ1v) is 13.3. The molecule has 30 heavy (non-hydrogen) atoms. The third-order valence-corrected chi connectivity index (χ3v) is 4.99. The summed E-state index contributed by atoms with van der Waals surface area (Å²) in [6, 6.07) is 0. The molecule has 0 aliphatic heterocycles. The van der Waals surface area contributed by atoms with Crippen LogP contribution in [0.25, 0.3) is 0 Å². The molecule has 0 saturated carbocycles. The molecular formula is C22H48NO6P. The number of rotatable bonds is 21. The minimum atomic E-state index is -4.34. The molecule has 0 spiro atoms. The van der Waals surface area contributed by atoms with E-state index in [1.165, 1.54) is 83.5 Å². The van der Waals surface area contributed by atoms with E-state index in [0.29, 0.717) is 13.1 Å². The minimum Gasteiger partial charge on any atom is -0.413 e. The van der Waals surface area contributed by atoms with Crippen molar-refractivity contribution in [3.63, 3.8) is 0 Å². The molecule has 0 aromatic carbocycles. The first-order valence-electron chi connectivity index (χ1n) is 11.8. The van der Waals surface area contributed by atoms with E-state index in [9.17, 15) is 4.57 Å². The van der Waals surface area contributed by atoms with Crippen LogP contribution in [-0.2, 0) is 9.09 Å². The fourth-order valence-corrected chi connectivity index (χ4v) is 3.17. The first-order chi connectivity index (χ1) is 14.5. The van der Waals surface area contributed by atoms with Crippen molar-refractivity contribution in [3.05, 3.63) is 12.3 Å². The smallest absolute Gasteiger partial charge is 0.413 e. The van der Waals surface area contributed by atoms with Crippen LogP contribution in [0.1, 0.15) is 103 Å². The Morgan fingerprint density at radius 2 is 1.13 bits per heavy atom. The van der Waals surface area contributed by atoms with Gasteiger partial charge in [0.25, 0.3) is 0 Å². The van der Waals surface area contributed by atoms with Crippen molar-refractivity contribution < 1.29 is 29.1 Å². The van der Waals surface area contributed by atoms with Gasteiger partial charge in [0.15, 0.2) is 0 Å². The van der Waals surface area contributed by atoms with Gasteiger partial charge in [-0.3, -0.25) is 9.79 Å². The Hall–Kier alpha value is -0.430. The van der Waals surface area contributed by atoms with Gasteiger partial charge in [-0.05, 0) is 18.9 Å². The van der Waals surface area contributed by atoms with Crippen molar-refractivity contribution in [2.45, 2.75) is 103 Å². The average Bonchev–Trinajstić information content (AvgIpc) is 2.70. The molecule has 8 heteroatoms. The molecular weight excluding hydrogens is 405 g/mol. The van der Waals surface area contributed by atoms with Gasteiger partial charge >= 0.3 is 7.82 Å². The summed E-state index contributed by atoms with van der Waals surface area (Å²) in [6.07, 6.45) is 22.3. The SMILES string of the molecule is CCCCCCCCCCCCCCCCC=COP(=O)(O)O.OCCNCCO. The van der Waals surface area contributed by atoms with Crippen molar-refractivity contribution in [3.8, 4) is 0 Å². The number of phosphoric ester groups is 1. The third-order valence-electron chi connectivity index (χ3n) is 4.60. The van der Waals surface area contributed by atoms with Gasteiger partial charge in [0, 0.05) is 13.1 Å². The van der Waals surface area contributed by atoms with E-state index in [4.69, 9.17) is 20.0 Å². The van der Waals surface area contributed by atoms with Gasteiger partial charge in [0.2, 0.25) is 0 Å². The number of phosphoric acid groups is 1. The Morgan fingerprint density at radius 1 is 0.733 bits per heavy atom. The summed E-state index contributed by atoms with van der Waals surface area (Å²) < 4.78 is 14.6. The lowest BCUT2D eigenvalue weighted by Gasteiger charge is -2.03. The highest BCUT2D eigenvalue weighted by Gasteiger charge is 2.10. The van der Waals surface area contributed by atoms with Crippen LogP contribution in [0, 0.1) is 0 Å². The van der Waals surface area contributed by atoms with Crippen LogP contribution in [0.3, 0.4) is 0 Å². The molecule has 5 N–H and O–H groups in total. The molecule has 0 bridgehead atoms.